The Morgan fingerprint density at radius 2 is 1.79 bits per heavy atom. The van der Waals surface area contributed by atoms with Gasteiger partial charge in [-0.2, -0.15) is 0 Å². The normalized spacial score (nSPS) is 11.7. The summed E-state index contributed by atoms with van der Waals surface area (Å²) in [6.07, 6.45) is 4.08. The largest absolute Gasteiger partial charge is 0.425 e. The SMILES string of the molecule is C1=Cc2ccccc2CN1.O=S(=O)=O. The van der Waals surface area contributed by atoms with E-state index in [1.807, 2.05) is 6.20 Å². The Balaban J connectivity index is 0.000000213. The summed E-state index contributed by atoms with van der Waals surface area (Å²) < 4.78 is 25.3. The van der Waals surface area contributed by atoms with E-state index in [1.54, 1.807) is 0 Å². The van der Waals surface area contributed by atoms with E-state index in [1.165, 1.54) is 11.1 Å². The van der Waals surface area contributed by atoms with Gasteiger partial charge in [0.05, 0.1) is 0 Å². The van der Waals surface area contributed by atoms with Crippen LogP contribution in [0.2, 0.25) is 0 Å². The lowest BCUT2D eigenvalue weighted by molar-refractivity contribution is 0.559. The molecule has 0 aliphatic carbocycles. The predicted molar refractivity (Wildman–Crippen MR) is 52.0 cm³/mol. The standard InChI is InChI=1S/C9H9N.O3S/c1-2-4-9-7-10-6-5-8(9)3-1;1-4(2)3/h1-6,10H,7H2;. The van der Waals surface area contributed by atoms with Crippen LogP contribution in [0, 0.1) is 0 Å². The molecule has 4 nitrogen and oxygen atoms in total. The Morgan fingerprint density at radius 1 is 1.14 bits per heavy atom. The quantitative estimate of drug-likeness (QED) is 0.688. The highest BCUT2D eigenvalue weighted by atomic mass is 32.2. The van der Waals surface area contributed by atoms with Crippen molar-refractivity contribution < 1.29 is 12.6 Å². The second-order valence-corrected chi connectivity index (χ2v) is 3.03. The van der Waals surface area contributed by atoms with Gasteiger partial charge in [0.15, 0.2) is 0 Å². The van der Waals surface area contributed by atoms with Crippen molar-refractivity contribution in [3.8, 4) is 0 Å². The summed E-state index contributed by atoms with van der Waals surface area (Å²) in [7, 11) is -3.11. The molecule has 0 amide bonds. The van der Waals surface area contributed by atoms with Crippen LogP contribution >= 0.6 is 0 Å². The van der Waals surface area contributed by atoms with Gasteiger partial charge >= 0.3 is 10.6 Å². The monoisotopic (exact) mass is 211 g/mol. The summed E-state index contributed by atoms with van der Waals surface area (Å²) in [5.74, 6) is 0. The van der Waals surface area contributed by atoms with Gasteiger partial charge in [0.25, 0.3) is 0 Å². The van der Waals surface area contributed by atoms with E-state index >= 15 is 0 Å². The molecule has 14 heavy (non-hydrogen) atoms. The third-order valence-corrected chi connectivity index (χ3v) is 1.73. The smallest absolute Gasteiger partial charge is 0.387 e. The lowest BCUT2D eigenvalue weighted by Gasteiger charge is -2.10. The minimum atomic E-state index is -3.11. The fourth-order valence-electron chi connectivity index (χ4n) is 1.18. The lowest BCUT2D eigenvalue weighted by Crippen LogP contribution is -2.09. The predicted octanol–water partition coefficient (Wildman–Crippen LogP) is 0.756. The molecule has 5 heteroatoms. The Hall–Kier alpha value is -1.62. The second-order valence-electron chi connectivity index (χ2n) is 2.62. The average molecular weight is 211 g/mol. The van der Waals surface area contributed by atoms with E-state index in [-0.39, 0.29) is 0 Å². The number of fused-ring (bicyclic) bond motifs is 1. The molecule has 0 aromatic heterocycles. The number of rotatable bonds is 0. The number of benzene rings is 1. The van der Waals surface area contributed by atoms with Crippen LogP contribution in [0.1, 0.15) is 11.1 Å². The Bertz CT molecular complexity index is 429. The molecule has 1 aromatic rings. The molecule has 0 atom stereocenters. The Kier molecular flexibility index (Phi) is 3.87. The van der Waals surface area contributed by atoms with E-state index in [4.69, 9.17) is 12.6 Å². The number of hydrogen-bond donors (Lipinski definition) is 1. The zero-order valence-electron chi connectivity index (χ0n) is 7.30. The molecule has 1 aromatic carbocycles. The van der Waals surface area contributed by atoms with Gasteiger partial charge in [-0.1, -0.05) is 24.3 Å². The van der Waals surface area contributed by atoms with Crippen LogP contribution in [0.3, 0.4) is 0 Å². The Labute approximate surface area is 83.3 Å². The van der Waals surface area contributed by atoms with Crippen LogP contribution in [-0.2, 0) is 17.2 Å². The maximum absolute atomic E-state index is 8.44. The van der Waals surface area contributed by atoms with E-state index in [0.29, 0.717) is 0 Å². The maximum Gasteiger partial charge on any atom is 0.425 e. The van der Waals surface area contributed by atoms with Crippen molar-refractivity contribution in [3.05, 3.63) is 41.6 Å². The first-order valence-corrected chi connectivity index (χ1v) is 4.95. The molecule has 0 saturated carbocycles. The second kappa shape index (κ2) is 5.18. The Morgan fingerprint density at radius 3 is 2.43 bits per heavy atom. The van der Waals surface area contributed by atoms with Crippen molar-refractivity contribution in [2.45, 2.75) is 6.54 Å². The van der Waals surface area contributed by atoms with E-state index < -0.39 is 10.6 Å². The molecule has 74 valence electrons. The van der Waals surface area contributed by atoms with Gasteiger partial charge in [-0.15, -0.1) is 12.6 Å². The van der Waals surface area contributed by atoms with Crippen molar-refractivity contribution in [2.24, 2.45) is 0 Å². The highest BCUT2D eigenvalue weighted by Gasteiger charge is 1.99. The van der Waals surface area contributed by atoms with Crippen LogP contribution in [0.4, 0.5) is 0 Å². The summed E-state index contributed by atoms with van der Waals surface area (Å²) in [6, 6.07) is 8.41. The molecule has 1 aliphatic rings. The van der Waals surface area contributed by atoms with Crippen molar-refractivity contribution in [3.63, 3.8) is 0 Å². The molecule has 1 aliphatic heterocycles. The van der Waals surface area contributed by atoms with Gasteiger partial charge in [-0.3, -0.25) is 0 Å². The van der Waals surface area contributed by atoms with Crippen LogP contribution in [0.25, 0.3) is 6.08 Å². The molecule has 2 rings (SSSR count). The zero-order chi connectivity index (χ0) is 10.4. The first-order valence-electron chi connectivity index (χ1n) is 3.95. The van der Waals surface area contributed by atoms with Gasteiger partial charge in [0, 0.05) is 6.54 Å². The average Bonchev–Trinajstić information content (AvgIpc) is 2.17. The van der Waals surface area contributed by atoms with Crippen LogP contribution < -0.4 is 5.32 Å². The van der Waals surface area contributed by atoms with Crippen molar-refractivity contribution in [1.29, 1.82) is 0 Å². The lowest BCUT2D eigenvalue weighted by atomic mass is 10.1. The van der Waals surface area contributed by atoms with Crippen molar-refractivity contribution in [1.82, 2.24) is 5.32 Å². The molecular formula is C9H9NO3S. The topological polar surface area (TPSA) is 63.2 Å². The third-order valence-electron chi connectivity index (χ3n) is 1.73. The molecule has 0 bridgehead atoms. The van der Waals surface area contributed by atoms with Gasteiger partial charge in [0.2, 0.25) is 0 Å². The fraction of sp³-hybridized carbons (Fsp3) is 0.111. The van der Waals surface area contributed by atoms with Gasteiger partial charge in [-0.05, 0) is 23.4 Å². The van der Waals surface area contributed by atoms with Gasteiger partial charge in [-0.25, -0.2) is 0 Å². The van der Waals surface area contributed by atoms with Crippen LogP contribution in [-0.4, -0.2) is 12.6 Å². The van der Waals surface area contributed by atoms with Gasteiger partial charge < -0.3 is 5.32 Å². The van der Waals surface area contributed by atoms with Crippen LogP contribution in [0.5, 0.6) is 0 Å². The number of hydrogen-bond acceptors (Lipinski definition) is 4. The first-order chi connectivity index (χ1) is 6.70. The fourth-order valence-corrected chi connectivity index (χ4v) is 1.18. The summed E-state index contributed by atoms with van der Waals surface area (Å²) >= 11 is 0. The summed E-state index contributed by atoms with van der Waals surface area (Å²) in [5.41, 5.74) is 2.71. The number of nitrogens with one attached hydrogen (secondary N) is 1. The molecule has 1 N–H and O–H groups in total. The van der Waals surface area contributed by atoms with E-state index in [0.717, 1.165) is 6.54 Å². The minimum absolute atomic E-state index is 0.965. The summed E-state index contributed by atoms with van der Waals surface area (Å²) in [4.78, 5) is 0. The third kappa shape index (κ3) is 3.40. The molecule has 0 saturated heterocycles. The molecule has 0 fully saturated rings. The van der Waals surface area contributed by atoms with E-state index in [9.17, 15) is 0 Å². The van der Waals surface area contributed by atoms with Crippen LogP contribution in [0.15, 0.2) is 30.5 Å². The van der Waals surface area contributed by atoms with Crippen molar-refractivity contribution in [2.75, 3.05) is 0 Å². The molecule has 0 unspecified atom stereocenters. The first kappa shape index (κ1) is 10.5. The zero-order valence-corrected chi connectivity index (χ0v) is 8.12. The maximum atomic E-state index is 8.44. The molecule has 0 spiro atoms. The molecule has 1 heterocycles. The van der Waals surface area contributed by atoms with Gasteiger partial charge in [0.1, 0.15) is 0 Å². The van der Waals surface area contributed by atoms with E-state index in [2.05, 4.69) is 35.7 Å². The molecule has 0 radical (unpaired) electrons. The molecular weight excluding hydrogens is 202 g/mol. The van der Waals surface area contributed by atoms with Crippen molar-refractivity contribution >= 4 is 16.7 Å². The highest BCUT2D eigenvalue weighted by Crippen LogP contribution is 2.12. The summed E-state index contributed by atoms with van der Waals surface area (Å²) in [6.45, 7) is 0.965. The summed E-state index contributed by atoms with van der Waals surface area (Å²) in [5, 5.41) is 3.16. The minimum Gasteiger partial charge on any atom is -0.387 e. The highest BCUT2D eigenvalue weighted by molar-refractivity contribution is 7.59.